The van der Waals surface area contributed by atoms with E-state index in [1.54, 1.807) is 6.92 Å². The molecule has 0 bridgehead atoms. The summed E-state index contributed by atoms with van der Waals surface area (Å²) in [7, 11) is 0. The first-order valence-corrected chi connectivity index (χ1v) is 5.95. The molecule has 1 fully saturated rings. The van der Waals surface area contributed by atoms with E-state index in [1.165, 1.54) is 17.2 Å². The van der Waals surface area contributed by atoms with Crippen molar-refractivity contribution in [1.82, 2.24) is 4.98 Å². The molecular formula is C11H12N6O3. The maximum atomic E-state index is 12.0. The Morgan fingerprint density at radius 2 is 2.45 bits per heavy atom. The number of amides is 1. The summed E-state index contributed by atoms with van der Waals surface area (Å²) in [6.45, 7) is 2.06. The van der Waals surface area contributed by atoms with Gasteiger partial charge in [-0.1, -0.05) is 5.11 Å². The lowest BCUT2D eigenvalue weighted by atomic mass is 10.1. The maximum Gasteiger partial charge on any atom is 0.314 e. The topological polar surface area (TPSA) is 125 Å². The fourth-order valence-electron chi connectivity index (χ4n) is 2.22. The number of azide groups is 1. The molecule has 1 aromatic heterocycles. The summed E-state index contributed by atoms with van der Waals surface area (Å²) in [6.07, 6.45) is 1.64. The van der Waals surface area contributed by atoms with Crippen LogP contribution in [0.5, 0.6) is 0 Å². The Morgan fingerprint density at radius 3 is 3.10 bits per heavy atom. The molecule has 20 heavy (non-hydrogen) atoms. The van der Waals surface area contributed by atoms with Crippen molar-refractivity contribution in [2.24, 2.45) is 11.0 Å². The third-order valence-corrected chi connectivity index (χ3v) is 3.15. The molecular weight excluding hydrogens is 264 g/mol. The van der Waals surface area contributed by atoms with Crippen molar-refractivity contribution in [1.29, 1.82) is 0 Å². The number of nitro groups is 1. The average molecular weight is 276 g/mol. The van der Waals surface area contributed by atoms with Crippen LogP contribution in [0.25, 0.3) is 10.4 Å². The molecule has 0 aliphatic carbocycles. The fourth-order valence-corrected chi connectivity index (χ4v) is 2.22. The van der Waals surface area contributed by atoms with Gasteiger partial charge < -0.3 is 0 Å². The van der Waals surface area contributed by atoms with Gasteiger partial charge in [0.2, 0.25) is 11.7 Å². The van der Waals surface area contributed by atoms with E-state index in [1.807, 2.05) is 0 Å². The molecule has 0 saturated carbocycles. The third kappa shape index (κ3) is 2.52. The number of nitrogens with zero attached hydrogens (tertiary/aromatic N) is 6. The van der Waals surface area contributed by atoms with Gasteiger partial charge in [0.05, 0.1) is 4.92 Å². The number of rotatable bonds is 4. The summed E-state index contributed by atoms with van der Waals surface area (Å²) in [5, 5.41) is 14.6. The zero-order valence-corrected chi connectivity index (χ0v) is 10.8. The van der Waals surface area contributed by atoms with Gasteiger partial charge in [-0.25, -0.2) is 4.98 Å². The second kappa shape index (κ2) is 5.54. The summed E-state index contributed by atoms with van der Waals surface area (Å²) in [5.74, 6) is -0.326. The molecule has 1 unspecified atom stereocenters. The van der Waals surface area contributed by atoms with E-state index in [9.17, 15) is 14.9 Å². The van der Waals surface area contributed by atoms with Crippen LogP contribution in [0.2, 0.25) is 0 Å². The fraction of sp³-hybridized carbons (Fsp3) is 0.455. The van der Waals surface area contributed by atoms with Gasteiger partial charge in [0.15, 0.2) is 0 Å². The van der Waals surface area contributed by atoms with Gasteiger partial charge in [-0.15, -0.1) is 0 Å². The summed E-state index contributed by atoms with van der Waals surface area (Å²) in [6, 6.07) is 1.53. The molecule has 2 rings (SSSR count). The van der Waals surface area contributed by atoms with Crippen molar-refractivity contribution in [3.63, 3.8) is 0 Å². The number of carbonyl (C=O) groups is 1. The molecule has 2 heterocycles. The van der Waals surface area contributed by atoms with E-state index in [-0.39, 0.29) is 42.8 Å². The van der Waals surface area contributed by atoms with E-state index in [0.717, 1.165) is 0 Å². The van der Waals surface area contributed by atoms with Gasteiger partial charge in [0.25, 0.3) is 0 Å². The predicted molar refractivity (Wildman–Crippen MR) is 70.1 cm³/mol. The molecule has 1 saturated heterocycles. The molecule has 1 amide bonds. The van der Waals surface area contributed by atoms with E-state index in [2.05, 4.69) is 15.0 Å². The number of anilines is 1. The zero-order chi connectivity index (χ0) is 14.7. The molecule has 104 valence electrons. The highest BCUT2D eigenvalue weighted by Gasteiger charge is 2.35. The van der Waals surface area contributed by atoms with Crippen LogP contribution < -0.4 is 4.90 Å². The van der Waals surface area contributed by atoms with Crippen LogP contribution in [-0.4, -0.2) is 28.9 Å². The lowest BCUT2D eigenvalue weighted by Crippen LogP contribution is -2.27. The molecule has 0 aromatic carbocycles. The SMILES string of the molecule is Cc1ccnc(N2CC(CN=[N+]=[N-])CC2=O)c1[N+](=O)[O-]. The standard InChI is InChI=1S/C11H12N6O3/c1-7-2-3-13-11(10(7)17(19)20)16-6-8(4-9(16)18)5-14-15-12/h2-3,8H,4-6H2,1H3. The van der Waals surface area contributed by atoms with Crippen LogP contribution in [-0.2, 0) is 4.79 Å². The van der Waals surface area contributed by atoms with Crippen molar-refractivity contribution in [3.8, 4) is 0 Å². The Bertz CT molecular complexity index is 610. The minimum Gasteiger partial charge on any atom is -0.291 e. The summed E-state index contributed by atoms with van der Waals surface area (Å²) in [5.41, 5.74) is 8.58. The van der Waals surface area contributed by atoms with Crippen LogP contribution in [0.3, 0.4) is 0 Å². The smallest absolute Gasteiger partial charge is 0.291 e. The number of hydrogen-bond donors (Lipinski definition) is 0. The molecule has 1 aromatic rings. The maximum absolute atomic E-state index is 12.0. The Labute approximate surface area is 114 Å². The first kappa shape index (κ1) is 13.8. The van der Waals surface area contributed by atoms with Crippen molar-refractivity contribution in [2.45, 2.75) is 13.3 Å². The van der Waals surface area contributed by atoms with E-state index >= 15 is 0 Å². The number of hydrogen-bond acceptors (Lipinski definition) is 5. The van der Waals surface area contributed by atoms with Crippen molar-refractivity contribution >= 4 is 17.4 Å². The van der Waals surface area contributed by atoms with Crippen LogP contribution in [0, 0.1) is 23.0 Å². The number of aromatic nitrogens is 1. The first-order valence-electron chi connectivity index (χ1n) is 5.95. The Hall–Kier alpha value is -2.67. The monoisotopic (exact) mass is 276 g/mol. The molecule has 1 aliphatic heterocycles. The minimum atomic E-state index is -0.536. The van der Waals surface area contributed by atoms with Crippen LogP contribution >= 0.6 is 0 Å². The predicted octanol–water partition coefficient (Wildman–Crippen LogP) is 1.96. The third-order valence-electron chi connectivity index (χ3n) is 3.15. The van der Waals surface area contributed by atoms with Gasteiger partial charge in [0, 0.05) is 36.2 Å². The molecule has 0 N–H and O–H groups in total. The van der Waals surface area contributed by atoms with Gasteiger partial charge in [-0.05, 0) is 24.4 Å². The van der Waals surface area contributed by atoms with Gasteiger partial charge in [-0.3, -0.25) is 19.8 Å². The number of carbonyl (C=O) groups excluding carboxylic acids is 1. The van der Waals surface area contributed by atoms with Gasteiger partial charge >= 0.3 is 5.69 Å². The Kier molecular flexibility index (Phi) is 3.81. The number of pyridine rings is 1. The molecule has 9 heteroatoms. The zero-order valence-electron chi connectivity index (χ0n) is 10.8. The highest BCUT2D eigenvalue weighted by molar-refractivity contribution is 5.97. The second-order valence-corrected chi connectivity index (χ2v) is 4.55. The van der Waals surface area contributed by atoms with Crippen LogP contribution in [0.1, 0.15) is 12.0 Å². The van der Waals surface area contributed by atoms with Gasteiger partial charge in [-0.2, -0.15) is 0 Å². The van der Waals surface area contributed by atoms with Crippen LogP contribution in [0.4, 0.5) is 11.5 Å². The Balaban J connectivity index is 2.33. The van der Waals surface area contributed by atoms with Crippen molar-refractivity contribution in [2.75, 3.05) is 18.0 Å². The largest absolute Gasteiger partial charge is 0.314 e. The molecule has 1 atom stereocenters. The molecule has 9 nitrogen and oxygen atoms in total. The quantitative estimate of drug-likeness (QED) is 0.274. The summed E-state index contributed by atoms with van der Waals surface area (Å²) < 4.78 is 0. The Morgan fingerprint density at radius 1 is 1.70 bits per heavy atom. The molecule has 0 spiro atoms. The van der Waals surface area contributed by atoms with E-state index in [4.69, 9.17) is 5.53 Å². The normalized spacial score (nSPS) is 17.9. The first-order chi connectivity index (χ1) is 9.54. The second-order valence-electron chi connectivity index (χ2n) is 4.55. The summed E-state index contributed by atoms with van der Waals surface area (Å²) in [4.78, 5) is 30.5. The van der Waals surface area contributed by atoms with Crippen molar-refractivity contribution < 1.29 is 9.72 Å². The average Bonchev–Trinajstić information content (AvgIpc) is 2.76. The highest BCUT2D eigenvalue weighted by Crippen LogP contribution is 2.33. The molecule has 0 radical (unpaired) electrons. The molecule has 1 aliphatic rings. The summed E-state index contributed by atoms with van der Waals surface area (Å²) >= 11 is 0. The lowest BCUT2D eigenvalue weighted by Gasteiger charge is -2.15. The number of aryl methyl sites for hydroxylation is 1. The van der Waals surface area contributed by atoms with Crippen LogP contribution in [0.15, 0.2) is 17.4 Å². The van der Waals surface area contributed by atoms with E-state index in [0.29, 0.717) is 5.56 Å². The van der Waals surface area contributed by atoms with E-state index < -0.39 is 4.92 Å². The highest BCUT2D eigenvalue weighted by atomic mass is 16.6. The lowest BCUT2D eigenvalue weighted by molar-refractivity contribution is -0.384. The van der Waals surface area contributed by atoms with Gasteiger partial charge in [0.1, 0.15) is 0 Å². The van der Waals surface area contributed by atoms with Crippen molar-refractivity contribution in [3.05, 3.63) is 38.4 Å². The minimum absolute atomic E-state index is 0.0587.